The van der Waals surface area contributed by atoms with Gasteiger partial charge in [0.15, 0.2) is 8.32 Å². The maximum absolute atomic E-state index is 12.4. The largest absolute Gasteiger partial charge is 0.541 e. The maximum Gasteiger partial charge on any atom is 0.326 e. The molecule has 1 aliphatic rings. The first-order valence-electron chi connectivity index (χ1n) is 8.36. The van der Waals surface area contributed by atoms with Gasteiger partial charge in [-0.2, -0.15) is 0 Å². The molecule has 2 rings (SSSR count). The molecule has 0 saturated heterocycles. The molecule has 0 bridgehead atoms. The van der Waals surface area contributed by atoms with Crippen LogP contribution in [-0.4, -0.2) is 51.9 Å². The first-order valence-corrected chi connectivity index (χ1v) is 11.3. The molecule has 1 aromatic carbocycles. The molecule has 1 aromatic rings. The van der Waals surface area contributed by atoms with Crippen LogP contribution in [0.4, 0.5) is 0 Å². The summed E-state index contributed by atoms with van der Waals surface area (Å²) in [6, 6.07) is 6.40. The van der Waals surface area contributed by atoms with Gasteiger partial charge in [0.25, 0.3) is 11.8 Å². The van der Waals surface area contributed by atoms with Gasteiger partial charge in [0.2, 0.25) is 6.10 Å². The Morgan fingerprint density at radius 2 is 1.65 bits per heavy atom. The monoisotopic (exact) mass is 377 g/mol. The summed E-state index contributed by atoms with van der Waals surface area (Å²) in [5, 5.41) is 0.546. The zero-order chi connectivity index (χ0) is 19.7. The van der Waals surface area contributed by atoms with Crippen LogP contribution in [-0.2, 0) is 18.7 Å². The van der Waals surface area contributed by atoms with E-state index < -0.39 is 32.2 Å². The van der Waals surface area contributed by atoms with Crippen molar-refractivity contribution < 1.29 is 28.3 Å². The molecular weight excluding hydrogens is 353 g/mol. The Balaban J connectivity index is 2.16. The van der Waals surface area contributed by atoms with E-state index in [0.29, 0.717) is 5.06 Å². The predicted octanol–water partition coefficient (Wildman–Crippen LogP) is 1.70. The number of carbonyl (C=O) groups excluding carboxylic acids is 3. The van der Waals surface area contributed by atoms with Gasteiger partial charge < -0.3 is 9.08 Å². The zero-order valence-corrected chi connectivity index (χ0v) is 17.0. The van der Waals surface area contributed by atoms with E-state index in [1.165, 1.54) is 20.2 Å². The quantitative estimate of drug-likeness (QED) is 0.554. The summed E-state index contributed by atoms with van der Waals surface area (Å²) >= 11 is 0. The molecule has 7 nitrogen and oxygen atoms in total. The van der Waals surface area contributed by atoms with Crippen molar-refractivity contribution in [1.29, 1.82) is 0 Å². The molecule has 0 N–H and O–H groups in total. The number of carbonyl (C=O) groups is 3. The summed E-state index contributed by atoms with van der Waals surface area (Å²) < 4.78 is 10.7. The van der Waals surface area contributed by atoms with Crippen LogP contribution in [0.5, 0.6) is 0 Å². The third-order valence-electron chi connectivity index (χ3n) is 4.86. The average molecular weight is 377 g/mol. The second kappa shape index (κ2) is 7.34. The minimum Gasteiger partial charge on any atom is -0.541 e. The third kappa shape index (κ3) is 3.89. The van der Waals surface area contributed by atoms with Crippen molar-refractivity contribution in [1.82, 2.24) is 5.06 Å². The van der Waals surface area contributed by atoms with Gasteiger partial charge in [-0.05, 0) is 30.3 Å². The Hall–Kier alpha value is -1.97. The number of benzene rings is 1. The molecule has 0 aliphatic carbocycles. The van der Waals surface area contributed by atoms with Crippen LogP contribution in [0.1, 0.15) is 41.5 Å². The number of imide groups is 1. The molecular formula is C17H24BNO6Si. The van der Waals surface area contributed by atoms with Gasteiger partial charge in [0.05, 0.1) is 17.7 Å². The van der Waals surface area contributed by atoms with Crippen molar-refractivity contribution in [3.8, 4) is 0 Å². The number of fused-ring (bicyclic) bond motifs is 1. The van der Waals surface area contributed by atoms with E-state index in [1.807, 2.05) is 13.1 Å². The predicted molar refractivity (Wildman–Crippen MR) is 99.6 cm³/mol. The highest BCUT2D eigenvalue weighted by Gasteiger charge is 2.42. The standard InChI is InChI=1S/C17H24BNO6Si/c1-17(2,3)26(4,5)23-10-13(16(22)24-18)25-19-14(20)11-8-6-7-9-12(11)15(19)21/h6-9,13H,10,18H2,1-5H3/t13-/m0/s1. The second-order valence-corrected chi connectivity index (χ2v) is 12.4. The fraction of sp³-hybridized carbons (Fsp3) is 0.471. The van der Waals surface area contributed by atoms with Crippen molar-refractivity contribution in [3.63, 3.8) is 0 Å². The normalized spacial score (nSPS) is 15.8. The Bertz CT molecular complexity index is 695. The van der Waals surface area contributed by atoms with Crippen LogP contribution < -0.4 is 0 Å². The number of hydrogen-bond acceptors (Lipinski definition) is 6. The Morgan fingerprint density at radius 1 is 1.15 bits per heavy atom. The molecule has 26 heavy (non-hydrogen) atoms. The molecule has 140 valence electrons. The van der Waals surface area contributed by atoms with E-state index in [2.05, 4.69) is 20.8 Å². The van der Waals surface area contributed by atoms with Gasteiger partial charge in [-0.3, -0.25) is 14.4 Å². The summed E-state index contributed by atoms with van der Waals surface area (Å²) in [6.07, 6.45) is -1.21. The van der Waals surface area contributed by atoms with Gasteiger partial charge in [-0.15, -0.1) is 5.06 Å². The van der Waals surface area contributed by atoms with Gasteiger partial charge in [-0.25, -0.2) is 4.84 Å². The van der Waals surface area contributed by atoms with Crippen molar-refractivity contribution in [2.24, 2.45) is 0 Å². The number of amides is 2. The van der Waals surface area contributed by atoms with Crippen molar-refractivity contribution in [2.75, 3.05) is 6.61 Å². The Labute approximate surface area is 155 Å². The van der Waals surface area contributed by atoms with Crippen molar-refractivity contribution in [2.45, 2.75) is 45.0 Å². The van der Waals surface area contributed by atoms with Crippen molar-refractivity contribution >= 4 is 34.2 Å². The molecule has 0 radical (unpaired) electrons. The summed E-state index contributed by atoms with van der Waals surface area (Å²) in [5.74, 6) is -1.92. The highest BCUT2D eigenvalue weighted by Crippen LogP contribution is 2.36. The fourth-order valence-corrected chi connectivity index (χ4v) is 3.16. The topological polar surface area (TPSA) is 82.1 Å². The van der Waals surface area contributed by atoms with Gasteiger partial charge in [0.1, 0.15) is 0 Å². The SMILES string of the molecule is BOC(=O)[C@H](CO[Si](C)(C)C(C)(C)C)ON1C(=O)c2ccccc2C1=O. The van der Waals surface area contributed by atoms with Gasteiger partial charge >= 0.3 is 14.0 Å². The fourth-order valence-electron chi connectivity index (χ4n) is 2.16. The number of rotatable bonds is 6. The van der Waals surface area contributed by atoms with Crippen LogP contribution in [0.25, 0.3) is 0 Å². The summed E-state index contributed by atoms with van der Waals surface area (Å²) in [4.78, 5) is 42.3. The van der Waals surface area contributed by atoms with Crippen LogP contribution in [0, 0.1) is 0 Å². The number of hydrogen-bond donors (Lipinski definition) is 0. The van der Waals surface area contributed by atoms with Gasteiger partial charge in [-0.1, -0.05) is 32.9 Å². The van der Waals surface area contributed by atoms with E-state index >= 15 is 0 Å². The second-order valence-electron chi connectivity index (χ2n) is 7.64. The lowest BCUT2D eigenvalue weighted by molar-refractivity contribution is -0.176. The third-order valence-corrected chi connectivity index (χ3v) is 9.36. The molecule has 0 spiro atoms. The Morgan fingerprint density at radius 3 is 2.08 bits per heavy atom. The van der Waals surface area contributed by atoms with E-state index in [-0.39, 0.29) is 22.8 Å². The highest BCUT2D eigenvalue weighted by atomic mass is 28.4. The molecule has 0 aromatic heterocycles. The zero-order valence-electron chi connectivity index (χ0n) is 16.0. The maximum atomic E-state index is 12.4. The average Bonchev–Trinajstić information content (AvgIpc) is 2.81. The van der Waals surface area contributed by atoms with Crippen LogP contribution in [0.2, 0.25) is 18.1 Å². The number of hydroxylamine groups is 2. The smallest absolute Gasteiger partial charge is 0.326 e. The molecule has 0 fully saturated rings. The summed E-state index contributed by atoms with van der Waals surface area (Å²) in [6.45, 7) is 10.2. The van der Waals surface area contributed by atoms with Crippen LogP contribution in [0.3, 0.4) is 0 Å². The molecule has 2 amide bonds. The lowest BCUT2D eigenvalue weighted by atomic mass is 10.1. The minimum absolute atomic E-state index is 0.0663. The molecule has 1 heterocycles. The molecule has 0 saturated carbocycles. The molecule has 9 heteroatoms. The van der Waals surface area contributed by atoms with E-state index in [0.717, 1.165) is 0 Å². The number of nitrogens with zero attached hydrogens (tertiary/aromatic N) is 1. The highest BCUT2D eigenvalue weighted by molar-refractivity contribution is 6.74. The molecule has 1 atom stereocenters. The summed E-state index contributed by atoms with van der Waals surface area (Å²) in [7, 11) is -0.940. The van der Waals surface area contributed by atoms with Crippen LogP contribution in [0.15, 0.2) is 24.3 Å². The van der Waals surface area contributed by atoms with E-state index in [4.69, 9.17) is 13.9 Å². The van der Waals surface area contributed by atoms with E-state index in [9.17, 15) is 14.4 Å². The first kappa shape index (κ1) is 20.3. The first-order chi connectivity index (χ1) is 12.0. The Kier molecular flexibility index (Phi) is 5.74. The lowest BCUT2D eigenvalue weighted by Gasteiger charge is -2.37. The molecule has 1 aliphatic heterocycles. The minimum atomic E-state index is -2.16. The molecule has 0 unspecified atom stereocenters. The lowest BCUT2D eigenvalue weighted by Crippen LogP contribution is -2.47. The van der Waals surface area contributed by atoms with Crippen molar-refractivity contribution in [3.05, 3.63) is 35.4 Å². The van der Waals surface area contributed by atoms with Crippen LogP contribution >= 0.6 is 0 Å². The van der Waals surface area contributed by atoms with Gasteiger partial charge in [0, 0.05) is 0 Å². The van der Waals surface area contributed by atoms with E-state index in [1.54, 1.807) is 12.1 Å². The summed E-state index contributed by atoms with van der Waals surface area (Å²) in [5.41, 5.74) is 0.484.